The average Bonchev–Trinajstić information content (AvgIpc) is 3.15. The lowest BCUT2D eigenvalue weighted by Crippen LogP contribution is -2.54. The molecule has 0 unspecified atom stereocenters. The summed E-state index contributed by atoms with van der Waals surface area (Å²) in [7, 11) is 0. The van der Waals surface area contributed by atoms with Gasteiger partial charge in [0, 0.05) is 10.0 Å². The van der Waals surface area contributed by atoms with Crippen molar-refractivity contribution < 1.29 is 14.0 Å². The van der Waals surface area contributed by atoms with E-state index in [-0.39, 0.29) is 10.7 Å². The molecular formula is C23H17BrN2O3S. The molecule has 2 aromatic carbocycles. The summed E-state index contributed by atoms with van der Waals surface area (Å²) in [5.74, 6) is -0.0270. The highest BCUT2D eigenvalue weighted by Gasteiger charge is 2.34. The summed E-state index contributed by atoms with van der Waals surface area (Å²) in [6.45, 7) is 3.96. The van der Waals surface area contributed by atoms with Gasteiger partial charge in [0.1, 0.15) is 17.1 Å². The first-order chi connectivity index (χ1) is 14.3. The first kappa shape index (κ1) is 20.3. The number of thiocarbonyl (C=S) groups is 1. The molecule has 1 aliphatic heterocycles. The fraction of sp³-hybridized carbons (Fsp3) is 0.0870. The Morgan fingerprint density at radius 2 is 1.70 bits per heavy atom. The minimum atomic E-state index is -0.553. The van der Waals surface area contributed by atoms with E-state index in [0.29, 0.717) is 17.2 Å². The normalized spacial score (nSPS) is 15.6. The van der Waals surface area contributed by atoms with Crippen LogP contribution in [0.4, 0.5) is 5.69 Å². The van der Waals surface area contributed by atoms with Crippen LogP contribution >= 0.6 is 28.1 Å². The van der Waals surface area contributed by atoms with Crippen LogP contribution in [0.2, 0.25) is 0 Å². The van der Waals surface area contributed by atoms with Gasteiger partial charge in [-0.1, -0.05) is 39.7 Å². The minimum absolute atomic E-state index is 0.0481. The highest BCUT2D eigenvalue weighted by molar-refractivity contribution is 9.10. The third-order valence-corrected chi connectivity index (χ3v) is 5.64. The Morgan fingerprint density at radius 1 is 1.00 bits per heavy atom. The van der Waals surface area contributed by atoms with Gasteiger partial charge in [-0.05, 0) is 74.1 Å². The van der Waals surface area contributed by atoms with Gasteiger partial charge in [-0.2, -0.15) is 0 Å². The van der Waals surface area contributed by atoms with Crippen molar-refractivity contribution in [2.45, 2.75) is 13.8 Å². The average molecular weight is 481 g/mol. The molecule has 0 radical (unpaired) electrons. The van der Waals surface area contributed by atoms with Gasteiger partial charge in [0.2, 0.25) is 0 Å². The monoisotopic (exact) mass is 480 g/mol. The number of hydrogen-bond acceptors (Lipinski definition) is 4. The summed E-state index contributed by atoms with van der Waals surface area (Å²) in [5, 5.41) is 2.63. The molecule has 0 aliphatic carbocycles. The molecule has 150 valence electrons. The number of nitrogens with one attached hydrogen (secondary N) is 1. The van der Waals surface area contributed by atoms with Gasteiger partial charge in [-0.3, -0.25) is 19.8 Å². The molecule has 0 atom stereocenters. The maximum atomic E-state index is 13.1. The number of carbonyl (C=O) groups is 2. The Balaban J connectivity index is 1.68. The van der Waals surface area contributed by atoms with Crippen molar-refractivity contribution in [1.82, 2.24) is 5.32 Å². The fourth-order valence-electron chi connectivity index (χ4n) is 3.12. The van der Waals surface area contributed by atoms with Crippen LogP contribution in [0.25, 0.3) is 17.4 Å². The maximum Gasteiger partial charge on any atom is 0.270 e. The Labute approximate surface area is 187 Å². The Hall–Kier alpha value is -3.03. The van der Waals surface area contributed by atoms with Crippen molar-refractivity contribution in [1.29, 1.82) is 0 Å². The first-order valence-corrected chi connectivity index (χ1v) is 10.4. The zero-order valence-corrected chi connectivity index (χ0v) is 18.6. The van der Waals surface area contributed by atoms with E-state index in [0.717, 1.165) is 21.2 Å². The molecule has 4 rings (SSSR count). The Morgan fingerprint density at radius 3 is 2.40 bits per heavy atom. The summed E-state index contributed by atoms with van der Waals surface area (Å²) in [6.07, 6.45) is 1.44. The second-order valence-corrected chi connectivity index (χ2v) is 8.22. The third kappa shape index (κ3) is 3.86. The molecule has 30 heavy (non-hydrogen) atoms. The Bertz CT molecular complexity index is 1210. The summed E-state index contributed by atoms with van der Waals surface area (Å²) >= 11 is 8.77. The van der Waals surface area contributed by atoms with E-state index in [1.807, 2.05) is 44.2 Å². The third-order valence-electron chi connectivity index (χ3n) is 4.70. The van der Waals surface area contributed by atoms with E-state index in [4.69, 9.17) is 16.6 Å². The van der Waals surface area contributed by atoms with Gasteiger partial charge in [0.05, 0.1) is 5.69 Å². The topological polar surface area (TPSA) is 62.6 Å². The largest absolute Gasteiger partial charge is 0.457 e. The number of rotatable bonds is 3. The molecule has 2 amide bonds. The second kappa shape index (κ2) is 8.01. The van der Waals surface area contributed by atoms with Gasteiger partial charge in [-0.15, -0.1) is 0 Å². The zero-order valence-electron chi connectivity index (χ0n) is 16.2. The number of benzene rings is 2. The van der Waals surface area contributed by atoms with Crippen LogP contribution in [-0.4, -0.2) is 16.9 Å². The van der Waals surface area contributed by atoms with Crippen molar-refractivity contribution in [2.24, 2.45) is 0 Å². The number of carbonyl (C=O) groups excluding carboxylic acids is 2. The van der Waals surface area contributed by atoms with E-state index in [9.17, 15) is 9.59 Å². The molecule has 5 nitrogen and oxygen atoms in total. The number of anilines is 1. The lowest BCUT2D eigenvalue weighted by Gasteiger charge is -2.28. The molecule has 1 fully saturated rings. The maximum absolute atomic E-state index is 13.1. The number of halogens is 1. The van der Waals surface area contributed by atoms with Crippen LogP contribution in [-0.2, 0) is 9.59 Å². The number of nitrogens with zero attached hydrogens (tertiary/aromatic N) is 1. The van der Waals surface area contributed by atoms with Crippen molar-refractivity contribution in [2.75, 3.05) is 4.90 Å². The lowest BCUT2D eigenvalue weighted by molar-refractivity contribution is -0.122. The molecule has 1 N–H and O–H groups in total. The molecule has 1 saturated heterocycles. The summed E-state index contributed by atoms with van der Waals surface area (Å²) in [4.78, 5) is 26.8. The van der Waals surface area contributed by atoms with E-state index >= 15 is 0 Å². The molecule has 0 bridgehead atoms. The zero-order chi connectivity index (χ0) is 21.4. The number of furan rings is 1. The van der Waals surface area contributed by atoms with Crippen molar-refractivity contribution in [3.05, 3.63) is 81.5 Å². The molecule has 0 spiro atoms. The Kier molecular flexibility index (Phi) is 5.40. The minimum Gasteiger partial charge on any atom is -0.457 e. The van der Waals surface area contributed by atoms with Crippen molar-refractivity contribution >= 4 is 56.8 Å². The van der Waals surface area contributed by atoms with Gasteiger partial charge in [0.25, 0.3) is 11.8 Å². The predicted octanol–water partition coefficient (Wildman–Crippen LogP) is 5.16. The molecular weight excluding hydrogens is 464 g/mol. The van der Waals surface area contributed by atoms with Gasteiger partial charge in [-0.25, -0.2) is 0 Å². The second-order valence-electron chi connectivity index (χ2n) is 6.98. The molecule has 1 aliphatic rings. The van der Waals surface area contributed by atoms with Gasteiger partial charge in [0.15, 0.2) is 5.11 Å². The first-order valence-electron chi connectivity index (χ1n) is 9.18. The molecule has 1 aromatic heterocycles. The van der Waals surface area contributed by atoms with Crippen LogP contribution in [0.1, 0.15) is 16.9 Å². The predicted molar refractivity (Wildman–Crippen MR) is 124 cm³/mol. The van der Waals surface area contributed by atoms with Crippen LogP contribution in [0.15, 0.2) is 69.1 Å². The van der Waals surface area contributed by atoms with Gasteiger partial charge >= 0.3 is 0 Å². The van der Waals surface area contributed by atoms with Crippen LogP contribution in [0.5, 0.6) is 0 Å². The van der Waals surface area contributed by atoms with E-state index in [1.54, 1.807) is 24.3 Å². The lowest BCUT2D eigenvalue weighted by atomic mass is 10.1. The molecule has 3 aromatic rings. The number of hydrogen-bond donors (Lipinski definition) is 1. The molecule has 2 heterocycles. The SMILES string of the molecule is Cc1ccc(N2C(=O)/C(=C\c3ccc(-c4ccc(C)cc4Br)o3)C(=O)NC2=S)cc1. The molecule has 0 saturated carbocycles. The van der Waals surface area contributed by atoms with Crippen molar-refractivity contribution in [3.8, 4) is 11.3 Å². The molecule has 7 heteroatoms. The summed E-state index contributed by atoms with van der Waals surface area (Å²) in [6, 6.07) is 16.8. The smallest absolute Gasteiger partial charge is 0.270 e. The number of aryl methyl sites for hydroxylation is 2. The van der Waals surface area contributed by atoms with E-state index < -0.39 is 11.8 Å². The quantitative estimate of drug-likeness (QED) is 0.319. The fourth-order valence-corrected chi connectivity index (χ4v) is 4.09. The summed E-state index contributed by atoms with van der Waals surface area (Å²) < 4.78 is 6.78. The van der Waals surface area contributed by atoms with Crippen LogP contribution in [0.3, 0.4) is 0 Å². The highest BCUT2D eigenvalue weighted by atomic mass is 79.9. The standard InChI is InChI=1S/C23H17BrN2O3S/c1-13-3-6-15(7-4-13)26-22(28)18(21(27)25-23(26)30)12-16-8-10-20(29-16)17-9-5-14(2)11-19(17)24/h3-12H,1-2H3,(H,25,27,30)/b18-12-. The van der Waals surface area contributed by atoms with E-state index in [1.165, 1.54) is 11.0 Å². The van der Waals surface area contributed by atoms with Crippen molar-refractivity contribution in [3.63, 3.8) is 0 Å². The highest BCUT2D eigenvalue weighted by Crippen LogP contribution is 2.31. The van der Waals surface area contributed by atoms with Crippen LogP contribution < -0.4 is 10.2 Å². The van der Waals surface area contributed by atoms with Crippen LogP contribution in [0, 0.1) is 13.8 Å². The van der Waals surface area contributed by atoms with Gasteiger partial charge < -0.3 is 4.42 Å². The van der Waals surface area contributed by atoms with E-state index in [2.05, 4.69) is 21.2 Å². The number of amides is 2. The summed E-state index contributed by atoms with van der Waals surface area (Å²) in [5.41, 5.74) is 3.60.